The molecule has 0 atom stereocenters. The van der Waals surface area contributed by atoms with E-state index in [1.54, 1.807) is 17.0 Å². The van der Waals surface area contributed by atoms with E-state index in [0.29, 0.717) is 17.6 Å². The van der Waals surface area contributed by atoms with Crippen molar-refractivity contribution in [2.45, 2.75) is 13.3 Å². The molecule has 5 heteroatoms. The molecule has 0 aliphatic heterocycles. The van der Waals surface area contributed by atoms with Crippen molar-refractivity contribution in [2.75, 3.05) is 11.4 Å². The number of carbonyl (C=O) groups is 2. The molecule has 1 N–H and O–H groups in total. The van der Waals surface area contributed by atoms with Gasteiger partial charge < -0.3 is 19.8 Å². The van der Waals surface area contributed by atoms with E-state index in [2.05, 4.69) is 4.98 Å². The zero-order valence-electron chi connectivity index (χ0n) is 13.3. The molecule has 122 valence electrons. The topological polar surface area (TPSA) is 76.2 Å². The van der Waals surface area contributed by atoms with Crippen LogP contribution in [-0.4, -0.2) is 23.4 Å². The third-order valence-corrected chi connectivity index (χ3v) is 4.03. The number of H-pyrrole nitrogens is 1. The van der Waals surface area contributed by atoms with Crippen LogP contribution in [0.4, 0.5) is 5.69 Å². The Balaban J connectivity index is 1.98. The van der Waals surface area contributed by atoms with Crippen LogP contribution in [0, 0.1) is 0 Å². The number of carbonyl (C=O) groups excluding carboxylic acids is 2. The van der Waals surface area contributed by atoms with Crippen LogP contribution in [0.15, 0.2) is 54.6 Å². The Kier molecular flexibility index (Phi) is 4.33. The number of aromatic nitrogens is 1. The van der Waals surface area contributed by atoms with Gasteiger partial charge in [-0.3, -0.25) is 4.79 Å². The van der Waals surface area contributed by atoms with Gasteiger partial charge in [0, 0.05) is 23.1 Å². The maximum Gasteiger partial charge on any atom is 0.231 e. The minimum absolute atomic E-state index is 0.00391. The predicted molar refractivity (Wildman–Crippen MR) is 90.8 cm³/mol. The van der Waals surface area contributed by atoms with Crippen LogP contribution in [-0.2, 0) is 11.2 Å². The molecule has 0 unspecified atom stereocenters. The fourth-order valence-electron chi connectivity index (χ4n) is 2.92. The molecule has 0 aliphatic rings. The highest BCUT2D eigenvalue weighted by atomic mass is 16.4. The third-order valence-electron chi connectivity index (χ3n) is 4.03. The number of nitrogens with one attached hydrogen (secondary N) is 1. The predicted octanol–water partition coefficient (Wildman–Crippen LogP) is 2.13. The first-order valence-electron chi connectivity index (χ1n) is 7.78. The Labute approximate surface area is 139 Å². The second kappa shape index (κ2) is 6.58. The number of aromatic amines is 1. The van der Waals surface area contributed by atoms with E-state index in [-0.39, 0.29) is 18.0 Å². The van der Waals surface area contributed by atoms with Gasteiger partial charge in [0.15, 0.2) is 0 Å². The van der Waals surface area contributed by atoms with Gasteiger partial charge in [-0.2, -0.15) is 0 Å². The second-order valence-corrected chi connectivity index (χ2v) is 5.46. The van der Waals surface area contributed by atoms with E-state index in [9.17, 15) is 14.7 Å². The van der Waals surface area contributed by atoms with Gasteiger partial charge in [0.2, 0.25) is 5.91 Å². The minimum Gasteiger partial charge on any atom is -0.543 e. The number of carboxylic acids is 1. The van der Waals surface area contributed by atoms with Gasteiger partial charge in [0.05, 0.1) is 18.1 Å². The SMILES string of the molecule is CCN(C(=O)Cc1c(C(=O)[O-])[nH]c2ccccc12)c1ccccc1. The van der Waals surface area contributed by atoms with Crippen LogP contribution in [0.2, 0.25) is 0 Å². The van der Waals surface area contributed by atoms with Crippen molar-refractivity contribution in [3.05, 3.63) is 65.9 Å². The number of rotatable bonds is 5. The summed E-state index contributed by atoms with van der Waals surface area (Å²) in [7, 11) is 0. The lowest BCUT2D eigenvalue weighted by molar-refractivity contribution is -0.255. The van der Waals surface area contributed by atoms with Gasteiger partial charge in [-0.25, -0.2) is 0 Å². The number of nitrogens with zero attached hydrogens (tertiary/aromatic N) is 1. The number of hydrogen-bond donors (Lipinski definition) is 1. The largest absolute Gasteiger partial charge is 0.543 e. The van der Waals surface area contributed by atoms with E-state index < -0.39 is 5.97 Å². The Morgan fingerprint density at radius 3 is 2.38 bits per heavy atom. The number of aromatic carboxylic acids is 1. The quantitative estimate of drug-likeness (QED) is 0.782. The Morgan fingerprint density at radius 1 is 1.04 bits per heavy atom. The molecular weight excluding hydrogens is 304 g/mol. The molecule has 0 aliphatic carbocycles. The molecule has 1 heterocycles. The lowest BCUT2D eigenvalue weighted by Gasteiger charge is -2.21. The molecule has 0 saturated carbocycles. The molecule has 3 aromatic rings. The summed E-state index contributed by atoms with van der Waals surface area (Å²) < 4.78 is 0. The van der Waals surface area contributed by atoms with Gasteiger partial charge in [-0.1, -0.05) is 36.4 Å². The summed E-state index contributed by atoms with van der Waals surface area (Å²) in [5.74, 6) is -1.47. The molecule has 0 spiro atoms. The lowest BCUT2D eigenvalue weighted by Crippen LogP contribution is -2.33. The van der Waals surface area contributed by atoms with Gasteiger partial charge in [0.25, 0.3) is 0 Å². The van der Waals surface area contributed by atoms with Gasteiger partial charge in [-0.05, 0) is 30.7 Å². The highest BCUT2D eigenvalue weighted by Gasteiger charge is 2.19. The highest BCUT2D eigenvalue weighted by molar-refractivity contribution is 6.02. The number of carboxylic acid groups (broad SMARTS) is 1. The Morgan fingerprint density at radius 2 is 1.71 bits per heavy atom. The number of fused-ring (bicyclic) bond motifs is 1. The minimum atomic E-state index is -1.31. The Hall–Kier alpha value is -3.08. The van der Waals surface area contributed by atoms with Crippen molar-refractivity contribution in [3.63, 3.8) is 0 Å². The fourth-order valence-corrected chi connectivity index (χ4v) is 2.92. The van der Waals surface area contributed by atoms with Crippen molar-refractivity contribution in [1.29, 1.82) is 0 Å². The average molecular weight is 321 g/mol. The average Bonchev–Trinajstić information content (AvgIpc) is 2.95. The van der Waals surface area contributed by atoms with Crippen molar-refractivity contribution in [3.8, 4) is 0 Å². The van der Waals surface area contributed by atoms with Crippen LogP contribution in [0.5, 0.6) is 0 Å². The first kappa shape index (κ1) is 15.8. The summed E-state index contributed by atoms with van der Waals surface area (Å²) in [6, 6.07) is 16.5. The Bertz CT molecular complexity index is 884. The van der Waals surface area contributed by atoms with Crippen LogP contribution in [0.25, 0.3) is 10.9 Å². The maximum atomic E-state index is 12.8. The summed E-state index contributed by atoms with van der Waals surface area (Å²) >= 11 is 0. The fraction of sp³-hybridized carbons (Fsp3) is 0.158. The molecule has 0 fully saturated rings. The summed E-state index contributed by atoms with van der Waals surface area (Å²) in [5.41, 5.74) is 1.90. The maximum absolute atomic E-state index is 12.8. The molecule has 3 rings (SSSR count). The van der Waals surface area contributed by atoms with E-state index in [0.717, 1.165) is 11.1 Å². The molecule has 0 bridgehead atoms. The van der Waals surface area contributed by atoms with Crippen molar-refractivity contribution >= 4 is 28.5 Å². The van der Waals surface area contributed by atoms with Gasteiger partial charge in [0.1, 0.15) is 0 Å². The number of benzene rings is 2. The number of amides is 1. The van der Waals surface area contributed by atoms with E-state index in [4.69, 9.17) is 0 Å². The first-order chi connectivity index (χ1) is 11.6. The smallest absolute Gasteiger partial charge is 0.231 e. The van der Waals surface area contributed by atoms with Crippen molar-refractivity contribution in [1.82, 2.24) is 4.98 Å². The molecule has 1 amide bonds. The van der Waals surface area contributed by atoms with Crippen molar-refractivity contribution < 1.29 is 14.7 Å². The summed E-state index contributed by atoms with van der Waals surface area (Å²) in [6.45, 7) is 2.39. The molecule has 1 aromatic heterocycles. The lowest BCUT2D eigenvalue weighted by atomic mass is 10.1. The number of likely N-dealkylation sites (N-methyl/N-ethyl adjacent to an activating group) is 1. The monoisotopic (exact) mass is 321 g/mol. The summed E-state index contributed by atoms with van der Waals surface area (Å²) in [5, 5.41) is 12.1. The van der Waals surface area contributed by atoms with Crippen LogP contribution < -0.4 is 10.0 Å². The van der Waals surface area contributed by atoms with Gasteiger partial charge in [-0.15, -0.1) is 0 Å². The molecule has 24 heavy (non-hydrogen) atoms. The first-order valence-corrected chi connectivity index (χ1v) is 7.78. The zero-order valence-corrected chi connectivity index (χ0v) is 13.3. The van der Waals surface area contributed by atoms with E-state index in [1.807, 2.05) is 49.4 Å². The van der Waals surface area contributed by atoms with Crippen molar-refractivity contribution in [2.24, 2.45) is 0 Å². The number of hydrogen-bond acceptors (Lipinski definition) is 3. The molecule has 0 radical (unpaired) electrons. The normalized spacial score (nSPS) is 10.7. The number of para-hydroxylation sites is 2. The van der Waals surface area contributed by atoms with Crippen LogP contribution in [0.3, 0.4) is 0 Å². The molecule has 5 nitrogen and oxygen atoms in total. The third kappa shape index (κ3) is 2.88. The summed E-state index contributed by atoms with van der Waals surface area (Å²) in [6.07, 6.45) is -0.00391. The summed E-state index contributed by atoms with van der Waals surface area (Å²) in [4.78, 5) is 28.6. The standard InChI is InChI=1S/C19H18N2O3/c1-2-21(13-8-4-3-5-9-13)17(22)12-15-14-10-6-7-11-16(14)20-18(15)19(23)24/h3-11,20H,2,12H2,1H3,(H,23,24)/p-1. The molecule has 2 aromatic carbocycles. The molecular formula is C19H17N2O3-. The van der Waals surface area contributed by atoms with Crippen LogP contribution >= 0.6 is 0 Å². The zero-order chi connectivity index (χ0) is 17.1. The van der Waals surface area contributed by atoms with E-state index >= 15 is 0 Å². The van der Waals surface area contributed by atoms with Gasteiger partial charge >= 0.3 is 0 Å². The number of anilines is 1. The van der Waals surface area contributed by atoms with E-state index in [1.165, 1.54) is 0 Å². The second-order valence-electron chi connectivity index (χ2n) is 5.46. The molecule has 0 saturated heterocycles. The highest BCUT2D eigenvalue weighted by Crippen LogP contribution is 2.24. The van der Waals surface area contributed by atoms with Crippen LogP contribution in [0.1, 0.15) is 23.0 Å².